The average Bonchev–Trinajstić information content (AvgIpc) is 2.89. The first-order chi connectivity index (χ1) is 9.83. The second-order valence-electron chi connectivity index (χ2n) is 6.62. The fourth-order valence-corrected chi connectivity index (χ4v) is 3.63. The van der Waals surface area contributed by atoms with Crippen molar-refractivity contribution in [1.82, 2.24) is 10.2 Å². The Bertz CT molecular complexity index is 421. The summed E-state index contributed by atoms with van der Waals surface area (Å²) in [5.74, 6) is 0.944. The van der Waals surface area contributed by atoms with Crippen molar-refractivity contribution in [2.75, 3.05) is 26.2 Å². The molecule has 110 valence electrons. The Balaban J connectivity index is 1.37. The molecule has 20 heavy (non-hydrogen) atoms. The summed E-state index contributed by atoms with van der Waals surface area (Å²) < 4.78 is 0. The van der Waals surface area contributed by atoms with Gasteiger partial charge in [0.1, 0.15) is 0 Å². The minimum atomic E-state index is 0.604. The molecule has 2 nitrogen and oxygen atoms in total. The maximum atomic E-state index is 3.76. The van der Waals surface area contributed by atoms with Gasteiger partial charge in [-0.3, -0.25) is 0 Å². The third-order valence-corrected chi connectivity index (χ3v) is 5.05. The van der Waals surface area contributed by atoms with E-state index in [0.717, 1.165) is 12.5 Å². The molecule has 2 aliphatic rings. The van der Waals surface area contributed by atoms with Crippen LogP contribution >= 0.6 is 0 Å². The molecule has 3 rings (SSSR count). The smallest absolute Gasteiger partial charge is 0.0326 e. The molecule has 2 heteroatoms. The Hall–Kier alpha value is -0.860. The summed E-state index contributed by atoms with van der Waals surface area (Å²) >= 11 is 0. The lowest BCUT2D eigenvalue weighted by atomic mass is 9.99. The first-order valence-corrected chi connectivity index (χ1v) is 8.36. The summed E-state index contributed by atoms with van der Waals surface area (Å²) in [4.78, 5) is 2.64. The molecule has 0 amide bonds. The van der Waals surface area contributed by atoms with Crippen LogP contribution in [0.15, 0.2) is 24.3 Å². The quantitative estimate of drug-likeness (QED) is 0.827. The van der Waals surface area contributed by atoms with Crippen LogP contribution in [0.3, 0.4) is 0 Å². The summed E-state index contributed by atoms with van der Waals surface area (Å²) in [6, 6.07) is 9.53. The molecule has 0 aromatic heterocycles. The Kier molecular flexibility index (Phi) is 4.74. The summed E-state index contributed by atoms with van der Waals surface area (Å²) in [7, 11) is 0. The predicted octanol–water partition coefficient (Wildman–Crippen LogP) is 3.39. The Morgan fingerprint density at radius 2 is 1.95 bits per heavy atom. The number of hydrogen-bond acceptors (Lipinski definition) is 2. The van der Waals surface area contributed by atoms with Crippen LogP contribution in [0.25, 0.3) is 0 Å². The molecule has 1 N–H and O–H groups in total. The van der Waals surface area contributed by atoms with Crippen LogP contribution in [-0.4, -0.2) is 31.1 Å². The fraction of sp³-hybridized carbons (Fsp3) is 0.667. The van der Waals surface area contributed by atoms with Gasteiger partial charge in [0.25, 0.3) is 0 Å². The molecule has 1 aliphatic heterocycles. The number of benzene rings is 1. The zero-order valence-electron chi connectivity index (χ0n) is 12.8. The SMILES string of the molecule is CC1CCN(CCCNC2CCc3ccccc32)CC1. The van der Waals surface area contributed by atoms with Gasteiger partial charge in [-0.15, -0.1) is 0 Å². The highest BCUT2D eigenvalue weighted by molar-refractivity contribution is 5.34. The van der Waals surface area contributed by atoms with Crippen LogP contribution in [0.2, 0.25) is 0 Å². The van der Waals surface area contributed by atoms with Crippen molar-refractivity contribution in [3.63, 3.8) is 0 Å². The van der Waals surface area contributed by atoms with Gasteiger partial charge in [0.05, 0.1) is 0 Å². The van der Waals surface area contributed by atoms with Crippen LogP contribution in [-0.2, 0) is 6.42 Å². The van der Waals surface area contributed by atoms with Crippen LogP contribution in [0, 0.1) is 5.92 Å². The lowest BCUT2D eigenvalue weighted by Crippen LogP contribution is -2.35. The molecule has 1 saturated heterocycles. The summed E-state index contributed by atoms with van der Waals surface area (Å²) in [6.45, 7) is 7.44. The molecule has 1 atom stereocenters. The zero-order chi connectivity index (χ0) is 13.8. The van der Waals surface area contributed by atoms with E-state index in [4.69, 9.17) is 0 Å². The summed E-state index contributed by atoms with van der Waals surface area (Å²) in [5, 5.41) is 3.76. The van der Waals surface area contributed by atoms with E-state index in [-0.39, 0.29) is 0 Å². The number of likely N-dealkylation sites (tertiary alicyclic amines) is 1. The van der Waals surface area contributed by atoms with E-state index in [0.29, 0.717) is 6.04 Å². The molecule has 1 aliphatic carbocycles. The topological polar surface area (TPSA) is 15.3 Å². The van der Waals surface area contributed by atoms with E-state index in [2.05, 4.69) is 41.4 Å². The van der Waals surface area contributed by atoms with Gasteiger partial charge in [0.15, 0.2) is 0 Å². The summed E-state index contributed by atoms with van der Waals surface area (Å²) in [6.07, 6.45) is 6.60. The number of fused-ring (bicyclic) bond motifs is 1. The number of piperidine rings is 1. The number of nitrogens with zero attached hydrogens (tertiary/aromatic N) is 1. The summed E-state index contributed by atoms with van der Waals surface area (Å²) in [5.41, 5.74) is 3.09. The van der Waals surface area contributed by atoms with Crippen LogP contribution in [0.4, 0.5) is 0 Å². The molecule has 1 unspecified atom stereocenters. The number of hydrogen-bond donors (Lipinski definition) is 1. The molecule has 1 aromatic rings. The molecule has 0 spiro atoms. The monoisotopic (exact) mass is 272 g/mol. The molecule has 1 fully saturated rings. The highest BCUT2D eigenvalue weighted by atomic mass is 15.1. The first-order valence-electron chi connectivity index (χ1n) is 8.36. The molecule has 0 radical (unpaired) electrons. The largest absolute Gasteiger partial charge is 0.310 e. The van der Waals surface area contributed by atoms with E-state index >= 15 is 0 Å². The van der Waals surface area contributed by atoms with Crippen molar-refractivity contribution in [2.45, 2.75) is 45.1 Å². The van der Waals surface area contributed by atoms with E-state index in [1.165, 1.54) is 51.7 Å². The Morgan fingerprint density at radius 3 is 2.80 bits per heavy atom. The molecular weight excluding hydrogens is 244 g/mol. The minimum absolute atomic E-state index is 0.604. The van der Waals surface area contributed by atoms with Gasteiger partial charge >= 0.3 is 0 Å². The lowest BCUT2D eigenvalue weighted by Gasteiger charge is -2.30. The van der Waals surface area contributed by atoms with Crippen molar-refractivity contribution in [3.8, 4) is 0 Å². The van der Waals surface area contributed by atoms with Gasteiger partial charge in [0.2, 0.25) is 0 Å². The second kappa shape index (κ2) is 6.73. The maximum Gasteiger partial charge on any atom is 0.0326 e. The Labute approximate surface area is 123 Å². The zero-order valence-corrected chi connectivity index (χ0v) is 12.8. The Morgan fingerprint density at radius 1 is 1.15 bits per heavy atom. The van der Waals surface area contributed by atoms with Gasteiger partial charge in [-0.2, -0.15) is 0 Å². The van der Waals surface area contributed by atoms with E-state index in [1.807, 2.05) is 0 Å². The molecule has 0 saturated carbocycles. The van der Waals surface area contributed by atoms with Gasteiger partial charge < -0.3 is 10.2 Å². The highest BCUT2D eigenvalue weighted by Crippen LogP contribution is 2.30. The van der Waals surface area contributed by atoms with Gasteiger partial charge in [-0.05, 0) is 75.3 Å². The van der Waals surface area contributed by atoms with Crippen molar-refractivity contribution in [3.05, 3.63) is 35.4 Å². The van der Waals surface area contributed by atoms with E-state index < -0.39 is 0 Å². The molecule has 0 bridgehead atoms. The average molecular weight is 272 g/mol. The molecule has 1 heterocycles. The van der Waals surface area contributed by atoms with Gasteiger partial charge in [0, 0.05) is 6.04 Å². The van der Waals surface area contributed by atoms with Crippen LogP contribution in [0.1, 0.15) is 49.8 Å². The normalized spacial score (nSPS) is 23.9. The standard InChI is InChI=1S/C18H28N2/c1-15-9-13-20(14-10-15)12-4-11-19-18-8-7-16-5-2-3-6-17(16)18/h2-3,5-6,15,18-19H,4,7-14H2,1H3. The van der Waals surface area contributed by atoms with Crippen molar-refractivity contribution >= 4 is 0 Å². The second-order valence-corrected chi connectivity index (χ2v) is 6.62. The maximum absolute atomic E-state index is 3.76. The minimum Gasteiger partial charge on any atom is -0.310 e. The third kappa shape index (κ3) is 3.42. The van der Waals surface area contributed by atoms with Gasteiger partial charge in [-0.25, -0.2) is 0 Å². The first kappa shape index (κ1) is 14.1. The van der Waals surface area contributed by atoms with E-state index in [1.54, 1.807) is 11.1 Å². The number of rotatable bonds is 5. The number of nitrogens with one attached hydrogen (secondary N) is 1. The predicted molar refractivity (Wildman–Crippen MR) is 85.0 cm³/mol. The fourth-order valence-electron chi connectivity index (χ4n) is 3.63. The van der Waals surface area contributed by atoms with E-state index in [9.17, 15) is 0 Å². The van der Waals surface area contributed by atoms with Crippen molar-refractivity contribution in [2.24, 2.45) is 5.92 Å². The lowest BCUT2D eigenvalue weighted by molar-refractivity contribution is 0.190. The highest BCUT2D eigenvalue weighted by Gasteiger charge is 2.21. The van der Waals surface area contributed by atoms with Crippen molar-refractivity contribution < 1.29 is 0 Å². The molecular formula is C18H28N2. The van der Waals surface area contributed by atoms with Crippen LogP contribution < -0.4 is 5.32 Å². The van der Waals surface area contributed by atoms with Gasteiger partial charge in [-0.1, -0.05) is 31.2 Å². The number of aryl methyl sites for hydroxylation is 1. The van der Waals surface area contributed by atoms with Crippen LogP contribution in [0.5, 0.6) is 0 Å². The third-order valence-electron chi connectivity index (χ3n) is 5.05. The van der Waals surface area contributed by atoms with Crippen molar-refractivity contribution in [1.29, 1.82) is 0 Å². The molecule has 1 aromatic carbocycles.